The van der Waals surface area contributed by atoms with Gasteiger partial charge < -0.3 is 4.57 Å². The molecule has 96 valence electrons. The van der Waals surface area contributed by atoms with Crippen LogP contribution in [0.1, 0.15) is 0 Å². The van der Waals surface area contributed by atoms with E-state index in [2.05, 4.69) is 15.0 Å². The Labute approximate surface area is 116 Å². The van der Waals surface area contributed by atoms with Gasteiger partial charge in [0.25, 0.3) is 5.56 Å². The lowest BCUT2D eigenvalue weighted by atomic mass is 10.2. The van der Waals surface area contributed by atoms with Crippen LogP contribution >= 0.6 is 23.2 Å². The predicted molar refractivity (Wildman–Crippen MR) is 72.0 cm³/mol. The maximum atomic E-state index is 11.7. The summed E-state index contributed by atoms with van der Waals surface area (Å²) in [5.74, 6) is 0.194. The monoisotopic (exact) mass is 296 g/mol. The quantitative estimate of drug-likeness (QED) is 0.636. The van der Waals surface area contributed by atoms with E-state index in [4.69, 9.17) is 23.2 Å². The van der Waals surface area contributed by atoms with E-state index in [0.717, 1.165) is 0 Å². The highest BCUT2D eigenvalue weighted by Gasteiger charge is 2.17. The second-order valence-corrected chi connectivity index (χ2v) is 4.78. The number of aryl methyl sites for hydroxylation is 1. The maximum absolute atomic E-state index is 11.7. The number of aromatic amines is 1. The van der Waals surface area contributed by atoms with Crippen LogP contribution in [0.2, 0.25) is 10.0 Å². The number of nitrogens with zero attached hydrogens (tertiary/aromatic N) is 3. The van der Waals surface area contributed by atoms with Crippen LogP contribution in [-0.2, 0) is 7.05 Å². The fourth-order valence-corrected chi connectivity index (χ4v) is 2.20. The number of hydrogen-bond donors (Lipinski definition) is 1. The number of halogens is 2. The number of H-pyrrole nitrogens is 1. The molecule has 0 aromatic heterocycles. The molecule has 0 spiro atoms. The zero-order chi connectivity index (χ0) is 13.7. The number of nitrogens with one attached hydrogen (secondary N) is 1. The minimum atomic E-state index is -0.714. The fourth-order valence-electron chi connectivity index (χ4n) is 1.89. The van der Waals surface area contributed by atoms with Gasteiger partial charge >= 0.3 is 5.69 Å². The molecule has 1 aromatic rings. The fraction of sp³-hybridized carbons (Fsp3) is 0.0909. The first-order chi connectivity index (χ1) is 8.97. The van der Waals surface area contributed by atoms with E-state index in [1.807, 2.05) is 0 Å². The Morgan fingerprint density at radius 1 is 1.16 bits per heavy atom. The second kappa shape index (κ2) is 4.04. The van der Waals surface area contributed by atoms with Gasteiger partial charge in [-0.15, -0.1) is 0 Å². The van der Waals surface area contributed by atoms with Crippen molar-refractivity contribution in [2.24, 2.45) is 7.05 Å². The molecule has 2 aliphatic heterocycles. The van der Waals surface area contributed by atoms with Gasteiger partial charge in [-0.1, -0.05) is 23.2 Å². The molecule has 0 saturated heterocycles. The van der Waals surface area contributed by atoms with E-state index < -0.39 is 11.2 Å². The van der Waals surface area contributed by atoms with Gasteiger partial charge in [0, 0.05) is 7.05 Å². The first-order valence-corrected chi connectivity index (χ1v) is 5.99. The van der Waals surface area contributed by atoms with Crippen LogP contribution in [0, 0.1) is 0 Å². The van der Waals surface area contributed by atoms with Crippen LogP contribution in [-0.4, -0.2) is 19.5 Å². The first-order valence-electron chi connectivity index (χ1n) is 5.23. The highest BCUT2D eigenvalue weighted by atomic mass is 35.5. The normalized spacial score (nSPS) is 11.3. The molecule has 0 atom stereocenters. The third-order valence-corrected chi connectivity index (χ3v) is 3.51. The summed E-state index contributed by atoms with van der Waals surface area (Å²) in [5, 5.41) is 0.698. The van der Waals surface area contributed by atoms with E-state index in [0.29, 0.717) is 21.1 Å². The summed E-state index contributed by atoms with van der Waals surface area (Å²) >= 11 is 11.9. The molecule has 0 amide bonds. The Morgan fingerprint density at radius 2 is 1.84 bits per heavy atom. The Hall–Kier alpha value is -1.92. The Bertz CT molecular complexity index is 900. The molecule has 19 heavy (non-hydrogen) atoms. The van der Waals surface area contributed by atoms with Crippen LogP contribution in [0.5, 0.6) is 0 Å². The molecule has 1 aromatic carbocycles. The van der Waals surface area contributed by atoms with Crippen molar-refractivity contribution in [3.05, 3.63) is 43.0 Å². The van der Waals surface area contributed by atoms with E-state index in [9.17, 15) is 9.59 Å². The summed E-state index contributed by atoms with van der Waals surface area (Å²) in [6.45, 7) is 0. The topological polar surface area (TPSA) is 80.6 Å². The standard InChI is InChI=1S/C11H6Cl2N4O2/c1-17-7-3-5(13)4(12)2-6(7)14-8-9(17)15-11(19)16-10(8)18/h2-3H,1H3,(H,16,18,19). The first kappa shape index (κ1) is 12.1. The average molecular weight is 297 g/mol. The Balaban J connectivity index is 2.60. The molecule has 0 bridgehead atoms. The van der Waals surface area contributed by atoms with Crippen LogP contribution in [0.4, 0.5) is 0 Å². The number of benzene rings is 1. The van der Waals surface area contributed by atoms with Gasteiger partial charge in [-0.05, 0) is 12.1 Å². The van der Waals surface area contributed by atoms with E-state index >= 15 is 0 Å². The lowest BCUT2D eigenvalue weighted by Gasteiger charge is -2.12. The van der Waals surface area contributed by atoms with Gasteiger partial charge in [-0.25, -0.2) is 9.78 Å². The molecule has 8 heteroatoms. The SMILES string of the molecule is Cn1c2nc(=O)[nH]c(=O)c-2nc2cc(Cl)c(Cl)cc21. The van der Waals surface area contributed by atoms with Crippen LogP contribution in [0.3, 0.4) is 0 Å². The predicted octanol–water partition coefficient (Wildman–Crippen LogP) is 1.43. The molecule has 0 aliphatic carbocycles. The van der Waals surface area contributed by atoms with Crippen molar-refractivity contribution in [3.8, 4) is 11.5 Å². The molecule has 1 N–H and O–H groups in total. The lowest BCUT2D eigenvalue weighted by Crippen LogP contribution is -2.28. The van der Waals surface area contributed by atoms with Gasteiger partial charge in [0.1, 0.15) is 0 Å². The van der Waals surface area contributed by atoms with E-state index in [1.165, 1.54) is 0 Å². The summed E-state index contributed by atoms with van der Waals surface area (Å²) in [7, 11) is 1.67. The minimum Gasteiger partial charge on any atom is -0.325 e. The molecule has 0 fully saturated rings. The van der Waals surface area contributed by atoms with Gasteiger partial charge in [0.2, 0.25) is 0 Å². The summed E-state index contributed by atoms with van der Waals surface area (Å²) < 4.78 is 1.58. The molecule has 0 saturated carbocycles. The minimum absolute atomic E-state index is 0.0768. The van der Waals surface area contributed by atoms with Crippen molar-refractivity contribution in [3.63, 3.8) is 0 Å². The van der Waals surface area contributed by atoms with E-state index in [1.54, 1.807) is 23.7 Å². The van der Waals surface area contributed by atoms with Crippen molar-refractivity contribution in [1.29, 1.82) is 0 Å². The molecular formula is C11H6Cl2N4O2. The molecule has 6 nitrogen and oxygen atoms in total. The molecule has 0 unspecified atom stereocenters. The molecule has 2 heterocycles. The third-order valence-electron chi connectivity index (χ3n) is 2.78. The molecule has 0 radical (unpaired) electrons. The van der Waals surface area contributed by atoms with Crippen molar-refractivity contribution in [2.45, 2.75) is 0 Å². The van der Waals surface area contributed by atoms with Crippen LogP contribution in [0.25, 0.3) is 22.6 Å². The summed E-state index contributed by atoms with van der Waals surface area (Å²) in [5.41, 5.74) is -0.101. The smallest absolute Gasteiger partial charge is 0.325 e. The number of fused-ring (bicyclic) bond motifs is 2. The molecule has 2 aliphatic rings. The number of hydrogen-bond acceptors (Lipinski definition) is 4. The Kier molecular flexibility index (Phi) is 2.58. The van der Waals surface area contributed by atoms with Gasteiger partial charge in [-0.3, -0.25) is 9.78 Å². The maximum Gasteiger partial charge on any atom is 0.349 e. The zero-order valence-corrected chi connectivity index (χ0v) is 11.1. The van der Waals surface area contributed by atoms with Crippen molar-refractivity contribution >= 4 is 34.2 Å². The molecular weight excluding hydrogens is 291 g/mol. The van der Waals surface area contributed by atoms with Crippen molar-refractivity contribution in [2.75, 3.05) is 0 Å². The highest BCUT2D eigenvalue weighted by molar-refractivity contribution is 6.42. The molecule has 3 rings (SSSR count). The van der Waals surface area contributed by atoms with Gasteiger partial charge in [-0.2, -0.15) is 4.98 Å². The van der Waals surface area contributed by atoms with Crippen molar-refractivity contribution < 1.29 is 0 Å². The zero-order valence-electron chi connectivity index (χ0n) is 9.57. The number of rotatable bonds is 0. The number of aromatic nitrogens is 4. The van der Waals surface area contributed by atoms with Crippen molar-refractivity contribution in [1.82, 2.24) is 19.5 Å². The largest absolute Gasteiger partial charge is 0.349 e. The summed E-state index contributed by atoms with van der Waals surface area (Å²) in [6.07, 6.45) is 0. The van der Waals surface area contributed by atoms with Gasteiger partial charge in [0.05, 0.1) is 21.1 Å². The Morgan fingerprint density at radius 3 is 2.58 bits per heavy atom. The van der Waals surface area contributed by atoms with Crippen LogP contribution in [0.15, 0.2) is 21.7 Å². The third kappa shape index (κ3) is 1.80. The van der Waals surface area contributed by atoms with Crippen LogP contribution < -0.4 is 11.2 Å². The van der Waals surface area contributed by atoms with Gasteiger partial charge in [0.15, 0.2) is 11.5 Å². The average Bonchev–Trinajstić information content (AvgIpc) is 2.34. The highest BCUT2D eigenvalue weighted by Crippen LogP contribution is 2.28. The van der Waals surface area contributed by atoms with E-state index in [-0.39, 0.29) is 11.5 Å². The summed E-state index contributed by atoms with van der Waals surface area (Å²) in [6, 6.07) is 3.17. The lowest BCUT2D eigenvalue weighted by molar-refractivity contribution is 0.871. The summed E-state index contributed by atoms with van der Waals surface area (Å²) in [4.78, 5) is 33.0. The second-order valence-electron chi connectivity index (χ2n) is 3.97.